The summed E-state index contributed by atoms with van der Waals surface area (Å²) in [6.07, 6.45) is 2.39. The molecule has 0 aliphatic carbocycles. The standard InChI is InChI=1S/C14H20O3/c1-4-12-9-11(7-8-13(12)17-3)6-5-10(2)14(15)16/h7-10H,4-6H2,1-3H3,(H,15,16). The van der Waals surface area contributed by atoms with Crippen molar-refractivity contribution in [2.24, 2.45) is 5.92 Å². The van der Waals surface area contributed by atoms with Crippen molar-refractivity contribution >= 4 is 5.97 Å². The maximum Gasteiger partial charge on any atom is 0.306 e. The lowest BCUT2D eigenvalue weighted by molar-refractivity contribution is -0.141. The molecule has 1 unspecified atom stereocenters. The first kappa shape index (κ1) is 13.6. The van der Waals surface area contributed by atoms with Crippen molar-refractivity contribution in [1.29, 1.82) is 0 Å². The zero-order valence-electron chi connectivity index (χ0n) is 10.7. The van der Waals surface area contributed by atoms with Crippen LogP contribution in [-0.4, -0.2) is 18.2 Å². The molecule has 0 amide bonds. The lowest BCUT2D eigenvalue weighted by atomic mass is 9.99. The maximum absolute atomic E-state index is 10.7. The molecule has 0 aromatic heterocycles. The van der Waals surface area contributed by atoms with E-state index < -0.39 is 5.97 Å². The Bertz CT molecular complexity index is 385. The Balaban J connectivity index is 2.69. The molecule has 0 radical (unpaired) electrons. The third kappa shape index (κ3) is 3.77. The number of benzene rings is 1. The number of methoxy groups -OCH3 is 1. The first-order valence-corrected chi connectivity index (χ1v) is 5.97. The molecule has 1 rings (SSSR count). The van der Waals surface area contributed by atoms with Gasteiger partial charge in [0.05, 0.1) is 13.0 Å². The number of hydrogen-bond donors (Lipinski definition) is 1. The second-order valence-corrected chi connectivity index (χ2v) is 4.28. The number of carboxylic acid groups (broad SMARTS) is 1. The predicted molar refractivity (Wildman–Crippen MR) is 67.5 cm³/mol. The molecule has 1 N–H and O–H groups in total. The number of hydrogen-bond acceptors (Lipinski definition) is 2. The molecule has 3 nitrogen and oxygen atoms in total. The van der Waals surface area contributed by atoms with Gasteiger partial charge in [-0.05, 0) is 36.5 Å². The highest BCUT2D eigenvalue weighted by Crippen LogP contribution is 2.21. The Labute approximate surface area is 102 Å². The highest BCUT2D eigenvalue weighted by molar-refractivity contribution is 5.69. The van der Waals surface area contributed by atoms with Crippen molar-refractivity contribution in [3.63, 3.8) is 0 Å². The van der Waals surface area contributed by atoms with Crippen LogP contribution in [-0.2, 0) is 17.6 Å². The molecule has 0 saturated heterocycles. The number of aryl methyl sites for hydroxylation is 2. The molecule has 17 heavy (non-hydrogen) atoms. The maximum atomic E-state index is 10.7. The zero-order chi connectivity index (χ0) is 12.8. The van der Waals surface area contributed by atoms with Gasteiger partial charge in [-0.25, -0.2) is 0 Å². The van der Waals surface area contributed by atoms with E-state index in [4.69, 9.17) is 9.84 Å². The van der Waals surface area contributed by atoms with Crippen LogP contribution in [0.4, 0.5) is 0 Å². The van der Waals surface area contributed by atoms with E-state index >= 15 is 0 Å². The van der Waals surface area contributed by atoms with E-state index in [1.165, 1.54) is 11.1 Å². The van der Waals surface area contributed by atoms with Gasteiger partial charge in [0.1, 0.15) is 5.75 Å². The number of rotatable bonds is 6. The summed E-state index contributed by atoms with van der Waals surface area (Å²) in [6, 6.07) is 6.07. The fourth-order valence-electron chi connectivity index (χ4n) is 1.77. The van der Waals surface area contributed by atoms with E-state index in [-0.39, 0.29) is 5.92 Å². The molecule has 0 saturated carbocycles. The van der Waals surface area contributed by atoms with Crippen molar-refractivity contribution < 1.29 is 14.6 Å². The van der Waals surface area contributed by atoms with Gasteiger partial charge in [-0.2, -0.15) is 0 Å². The van der Waals surface area contributed by atoms with Crippen LogP contribution in [0, 0.1) is 5.92 Å². The average Bonchev–Trinajstić information content (AvgIpc) is 2.35. The fourth-order valence-corrected chi connectivity index (χ4v) is 1.77. The molecule has 0 heterocycles. The summed E-state index contributed by atoms with van der Waals surface area (Å²) in [6.45, 7) is 3.83. The van der Waals surface area contributed by atoms with Gasteiger partial charge in [-0.15, -0.1) is 0 Å². The Kier molecular flexibility index (Phi) is 5.01. The van der Waals surface area contributed by atoms with E-state index in [1.54, 1.807) is 14.0 Å². The van der Waals surface area contributed by atoms with Crippen LogP contribution in [0.2, 0.25) is 0 Å². The topological polar surface area (TPSA) is 46.5 Å². The van der Waals surface area contributed by atoms with Gasteiger partial charge in [-0.1, -0.05) is 26.0 Å². The largest absolute Gasteiger partial charge is 0.496 e. The number of carboxylic acids is 1. The highest BCUT2D eigenvalue weighted by atomic mass is 16.5. The molecule has 3 heteroatoms. The van der Waals surface area contributed by atoms with E-state index in [0.717, 1.165) is 18.6 Å². The van der Waals surface area contributed by atoms with E-state index in [2.05, 4.69) is 13.0 Å². The van der Waals surface area contributed by atoms with Crippen molar-refractivity contribution in [3.8, 4) is 5.75 Å². The second-order valence-electron chi connectivity index (χ2n) is 4.28. The first-order valence-electron chi connectivity index (χ1n) is 5.97. The lowest BCUT2D eigenvalue weighted by Gasteiger charge is -2.10. The quantitative estimate of drug-likeness (QED) is 0.826. The van der Waals surface area contributed by atoms with Gasteiger partial charge >= 0.3 is 5.97 Å². The van der Waals surface area contributed by atoms with Gasteiger partial charge in [-0.3, -0.25) is 4.79 Å². The molecular weight excluding hydrogens is 216 g/mol. The molecule has 0 fully saturated rings. The number of ether oxygens (including phenoxy) is 1. The number of carbonyl (C=O) groups is 1. The zero-order valence-corrected chi connectivity index (χ0v) is 10.7. The van der Waals surface area contributed by atoms with Crippen LogP contribution < -0.4 is 4.74 Å². The third-order valence-corrected chi connectivity index (χ3v) is 3.01. The van der Waals surface area contributed by atoms with Gasteiger partial charge in [0.15, 0.2) is 0 Å². The normalized spacial score (nSPS) is 12.2. The second kappa shape index (κ2) is 6.28. The molecule has 94 valence electrons. The summed E-state index contributed by atoms with van der Waals surface area (Å²) < 4.78 is 5.26. The lowest BCUT2D eigenvalue weighted by Crippen LogP contribution is -2.10. The fraction of sp³-hybridized carbons (Fsp3) is 0.500. The minimum atomic E-state index is -0.728. The minimum Gasteiger partial charge on any atom is -0.496 e. The molecule has 1 aromatic rings. The van der Waals surface area contributed by atoms with Gasteiger partial charge in [0.2, 0.25) is 0 Å². The summed E-state index contributed by atoms with van der Waals surface area (Å²) in [7, 11) is 1.67. The molecular formula is C14H20O3. The van der Waals surface area contributed by atoms with Crippen LogP contribution in [0.25, 0.3) is 0 Å². The van der Waals surface area contributed by atoms with Crippen LogP contribution in [0.15, 0.2) is 18.2 Å². The Morgan fingerprint density at radius 3 is 2.71 bits per heavy atom. The predicted octanol–water partition coefficient (Wildman–Crippen LogP) is 2.91. The van der Waals surface area contributed by atoms with Crippen LogP contribution >= 0.6 is 0 Å². The molecule has 1 aromatic carbocycles. The SMILES string of the molecule is CCc1cc(CCC(C)C(=O)O)ccc1OC. The van der Waals surface area contributed by atoms with Crippen molar-refractivity contribution in [2.75, 3.05) is 7.11 Å². The smallest absolute Gasteiger partial charge is 0.306 e. The van der Waals surface area contributed by atoms with Crippen molar-refractivity contribution in [1.82, 2.24) is 0 Å². The van der Waals surface area contributed by atoms with E-state index in [9.17, 15) is 4.79 Å². The van der Waals surface area contributed by atoms with Gasteiger partial charge < -0.3 is 9.84 Å². The third-order valence-electron chi connectivity index (χ3n) is 3.01. The van der Waals surface area contributed by atoms with Crippen molar-refractivity contribution in [2.45, 2.75) is 33.1 Å². The van der Waals surface area contributed by atoms with E-state index in [0.29, 0.717) is 6.42 Å². The molecule has 0 spiro atoms. The minimum absolute atomic E-state index is 0.290. The first-order chi connectivity index (χ1) is 8.08. The Morgan fingerprint density at radius 2 is 2.18 bits per heavy atom. The summed E-state index contributed by atoms with van der Waals surface area (Å²) in [5, 5.41) is 8.82. The van der Waals surface area contributed by atoms with Crippen LogP contribution in [0.5, 0.6) is 5.75 Å². The highest BCUT2D eigenvalue weighted by Gasteiger charge is 2.11. The van der Waals surface area contributed by atoms with Crippen molar-refractivity contribution in [3.05, 3.63) is 29.3 Å². The molecule has 0 aliphatic heterocycles. The monoisotopic (exact) mass is 236 g/mol. The Morgan fingerprint density at radius 1 is 1.47 bits per heavy atom. The summed E-state index contributed by atoms with van der Waals surface area (Å²) >= 11 is 0. The van der Waals surface area contributed by atoms with Crippen LogP contribution in [0.3, 0.4) is 0 Å². The number of aliphatic carboxylic acids is 1. The summed E-state index contributed by atoms with van der Waals surface area (Å²) in [5.74, 6) is -0.112. The summed E-state index contributed by atoms with van der Waals surface area (Å²) in [5.41, 5.74) is 2.35. The molecule has 0 bridgehead atoms. The van der Waals surface area contributed by atoms with Crippen LogP contribution in [0.1, 0.15) is 31.4 Å². The van der Waals surface area contributed by atoms with E-state index in [1.807, 2.05) is 12.1 Å². The molecule has 1 atom stereocenters. The van der Waals surface area contributed by atoms with Gasteiger partial charge in [0, 0.05) is 0 Å². The summed E-state index contributed by atoms with van der Waals surface area (Å²) in [4.78, 5) is 10.7. The Hall–Kier alpha value is -1.51. The van der Waals surface area contributed by atoms with Gasteiger partial charge in [0.25, 0.3) is 0 Å². The molecule has 0 aliphatic rings. The average molecular weight is 236 g/mol.